The van der Waals surface area contributed by atoms with Crippen LogP contribution in [0.5, 0.6) is 0 Å². The molecule has 0 amide bonds. The van der Waals surface area contributed by atoms with Crippen LogP contribution in [-0.2, 0) is 0 Å². The van der Waals surface area contributed by atoms with Crippen LogP contribution in [0.25, 0.3) is 12.2 Å². The van der Waals surface area contributed by atoms with Gasteiger partial charge in [0.1, 0.15) is 0 Å². The van der Waals surface area contributed by atoms with E-state index in [1.807, 2.05) is 119 Å². The average molecular weight is 567 g/mol. The van der Waals surface area contributed by atoms with Crippen molar-refractivity contribution in [3.8, 4) is 12.1 Å². The molecule has 4 rings (SSSR count). The molecule has 0 bridgehead atoms. The molecule has 2 aliphatic heterocycles. The summed E-state index contributed by atoms with van der Waals surface area (Å²) in [6.45, 7) is 4.41. The first-order valence-corrected chi connectivity index (χ1v) is 16.1. The molecular formula is C27H22N2S6. The minimum Gasteiger partial charge on any atom is -0.192 e. The van der Waals surface area contributed by atoms with Crippen molar-refractivity contribution in [2.45, 2.75) is 20.3 Å². The number of rotatable bonds is 8. The van der Waals surface area contributed by atoms with E-state index >= 15 is 0 Å². The number of benzene rings is 2. The van der Waals surface area contributed by atoms with E-state index in [0.717, 1.165) is 22.6 Å². The van der Waals surface area contributed by atoms with Crippen LogP contribution in [0, 0.1) is 22.7 Å². The fraction of sp³-hybridized carbons (Fsp3) is 0.185. The summed E-state index contributed by atoms with van der Waals surface area (Å²) in [6, 6.07) is 19.8. The van der Waals surface area contributed by atoms with Crippen LogP contribution in [0.1, 0.15) is 42.5 Å². The van der Waals surface area contributed by atoms with Crippen molar-refractivity contribution in [1.82, 2.24) is 0 Å². The van der Waals surface area contributed by atoms with Gasteiger partial charge in [-0.15, -0.1) is 23.5 Å². The molecule has 0 aromatic heterocycles. The van der Waals surface area contributed by atoms with Crippen molar-refractivity contribution >= 4 is 82.7 Å². The van der Waals surface area contributed by atoms with Gasteiger partial charge in [0.05, 0.1) is 40.2 Å². The Labute approximate surface area is 233 Å². The number of thioether (sulfide) groups is 6. The molecule has 2 aliphatic rings. The van der Waals surface area contributed by atoms with Gasteiger partial charge in [-0.25, -0.2) is 0 Å². The Balaban J connectivity index is 1.19. The molecule has 2 heterocycles. The second-order valence-corrected chi connectivity index (χ2v) is 15.4. The van der Waals surface area contributed by atoms with E-state index in [4.69, 9.17) is 10.5 Å². The molecule has 0 fully saturated rings. The molecule has 0 spiro atoms. The minimum absolute atomic E-state index is 0.696. The molecule has 0 atom stereocenters. The Morgan fingerprint density at radius 1 is 0.657 bits per heavy atom. The molecule has 8 heteroatoms. The van der Waals surface area contributed by atoms with Crippen molar-refractivity contribution in [1.29, 1.82) is 10.5 Å². The maximum atomic E-state index is 8.96. The van der Waals surface area contributed by atoms with Crippen molar-refractivity contribution in [2.75, 3.05) is 11.5 Å². The second-order valence-electron chi connectivity index (χ2n) is 7.54. The van der Waals surface area contributed by atoms with Crippen LogP contribution in [0.2, 0.25) is 0 Å². The summed E-state index contributed by atoms with van der Waals surface area (Å²) in [7, 11) is 0. The summed E-state index contributed by atoms with van der Waals surface area (Å²) < 4.78 is 5.42. The fourth-order valence-corrected chi connectivity index (χ4v) is 11.4. The zero-order valence-corrected chi connectivity index (χ0v) is 24.1. The third kappa shape index (κ3) is 7.73. The maximum Gasteiger partial charge on any atom is 0.0991 e. The predicted molar refractivity (Wildman–Crippen MR) is 164 cm³/mol. The largest absolute Gasteiger partial charge is 0.192 e. The van der Waals surface area contributed by atoms with Gasteiger partial charge in [-0.05, 0) is 79.3 Å². The summed E-state index contributed by atoms with van der Waals surface area (Å²) in [6.07, 6.45) is 5.58. The van der Waals surface area contributed by atoms with E-state index in [0.29, 0.717) is 11.1 Å². The monoisotopic (exact) mass is 566 g/mol. The molecule has 2 nitrogen and oxygen atoms in total. The van der Waals surface area contributed by atoms with Gasteiger partial charge in [-0.2, -0.15) is 10.5 Å². The Bertz CT molecular complexity index is 1190. The molecule has 0 N–H and O–H groups in total. The Morgan fingerprint density at radius 3 is 1.43 bits per heavy atom. The second kappa shape index (κ2) is 13.1. The molecule has 0 unspecified atom stereocenters. The highest BCUT2D eigenvalue weighted by Crippen LogP contribution is 2.55. The van der Waals surface area contributed by atoms with Crippen LogP contribution >= 0.6 is 70.6 Å². The third-order valence-electron chi connectivity index (χ3n) is 4.87. The van der Waals surface area contributed by atoms with E-state index in [2.05, 4.69) is 38.1 Å². The molecule has 0 saturated heterocycles. The zero-order valence-electron chi connectivity index (χ0n) is 19.2. The van der Waals surface area contributed by atoms with Gasteiger partial charge in [-0.1, -0.05) is 71.3 Å². The van der Waals surface area contributed by atoms with E-state index in [1.165, 1.54) is 33.2 Å². The number of hydrogen-bond donors (Lipinski definition) is 0. The molecule has 0 aliphatic carbocycles. The SMILES string of the molecule is CC1=C(SCCCSC2=C(C)S/C(=C\c3ccc(C#N)cc3)S2)S/C(=C\c2ccc(C#N)cc2)S1. The Morgan fingerprint density at radius 2 is 1.06 bits per heavy atom. The lowest BCUT2D eigenvalue weighted by Crippen LogP contribution is -1.84. The van der Waals surface area contributed by atoms with Gasteiger partial charge in [0.15, 0.2) is 0 Å². The zero-order chi connectivity index (χ0) is 24.6. The van der Waals surface area contributed by atoms with Crippen LogP contribution in [-0.4, -0.2) is 11.5 Å². The molecule has 2 aromatic carbocycles. The molecule has 0 saturated carbocycles. The first kappa shape index (κ1) is 26.5. The summed E-state index contributed by atoms with van der Waals surface area (Å²) >= 11 is 11.3. The molecular weight excluding hydrogens is 545 g/mol. The van der Waals surface area contributed by atoms with Gasteiger partial charge in [0.2, 0.25) is 0 Å². The van der Waals surface area contributed by atoms with E-state index in [1.54, 1.807) is 0 Å². The van der Waals surface area contributed by atoms with Crippen LogP contribution in [0.4, 0.5) is 0 Å². The molecule has 35 heavy (non-hydrogen) atoms. The predicted octanol–water partition coefficient (Wildman–Crippen LogP) is 9.92. The lowest BCUT2D eigenvalue weighted by molar-refractivity contribution is 1.13. The van der Waals surface area contributed by atoms with Crippen molar-refractivity contribution in [3.63, 3.8) is 0 Å². The number of hydrogen-bond acceptors (Lipinski definition) is 8. The quantitative estimate of drug-likeness (QED) is 0.293. The van der Waals surface area contributed by atoms with E-state index in [9.17, 15) is 0 Å². The highest BCUT2D eigenvalue weighted by atomic mass is 32.2. The summed E-state index contributed by atoms with van der Waals surface area (Å²) in [5.74, 6) is 2.24. The first-order valence-electron chi connectivity index (χ1n) is 10.9. The molecule has 2 aromatic rings. The Kier molecular flexibility index (Phi) is 9.97. The highest BCUT2D eigenvalue weighted by molar-refractivity contribution is 8.36. The third-order valence-corrected chi connectivity index (χ3v) is 13.0. The summed E-state index contributed by atoms with van der Waals surface area (Å²) in [5.41, 5.74) is 3.66. The smallest absolute Gasteiger partial charge is 0.0991 e. The Hall–Kier alpha value is -1.52. The number of nitrogens with zero attached hydrogens (tertiary/aromatic N) is 2. The highest BCUT2D eigenvalue weighted by Gasteiger charge is 2.20. The van der Waals surface area contributed by atoms with Gasteiger partial charge >= 0.3 is 0 Å². The van der Waals surface area contributed by atoms with Crippen LogP contribution in [0.3, 0.4) is 0 Å². The molecule has 0 radical (unpaired) electrons. The van der Waals surface area contributed by atoms with Gasteiger partial charge in [0.25, 0.3) is 0 Å². The summed E-state index contributed by atoms with van der Waals surface area (Å²) in [5, 5.41) is 17.9. The van der Waals surface area contributed by atoms with Gasteiger partial charge < -0.3 is 0 Å². The van der Waals surface area contributed by atoms with Crippen LogP contribution in [0.15, 0.2) is 75.3 Å². The van der Waals surface area contributed by atoms with Crippen molar-refractivity contribution in [3.05, 3.63) is 97.5 Å². The van der Waals surface area contributed by atoms with Crippen molar-refractivity contribution in [2.24, 2.45) is 0 Å². The van der Waals surface area contributed by atoms with Crippen LogP contribution < -0.4 is 0 Å². The molecule has 176 valence electrons. The number of nitriles is 2. The van der Waals surface area contributed by atoms with Crippen molar-refractivity contribution < 1.29 is 0 Å². The topological polar surface area (TPSA) is 47.6 Å². The lowest BCUT2D eigenvalue weighted by Gasteiger charge is -2.04. The van der Waals surface area contributed by atoms with Gasteiger partial charge in [-0.3, -0.25) is 0 Å². The minimum atomic E-state index is 0.696. The van der Waals surface area contributed by atoms with E-state index < -0.39 is 0 Å². The van der Waals surface area contributed by atoms with Gasteiger partial charge in [0, 0.05) is 9.81 Å². The average Bonchev–Trinajstić information content (AvgIpc) is 3.40. The maximum absolute atomic E-state index is 8.96. The lowest BCUT2D eigenvalue weighted by atomic mass is 10.1. The summed E-state index contributed by atoms with van der Waals surface area (Å²) in [4.78, 5) is 2.76. The van der Waals surface area contributed by atoms with E-state index in [-0.39, 0.29) is 0 Å². The normalized spacial score (nSPS) is 17.9. The fourth-order valence-electron chi connectivity index (χ4n) is 3.10. The standard InChI is InChI=1S/C27H22N2S6/c1-18-26(34-24(32-18)14-20-4-8-22(16-28)9-5-20)30-12-3-13-31-27-19(2)33-25(35-27)15-21-6-10-23(17-29)11-7-21/h4-11,14-15H,3,12-13H2,1-2H3/b24-14-,25-15+. The number of allylic oxidation sites excluding steroid dienone is 2. The first-order chi connectivity index (χ1) is 17.0.